The fraction of sp³-hybridized carbons (Fsp3) is 0.154. The minimum Gasteiger partial charge on any atom is -0.465 e. The highest BCUT2D eigenvalue weighted by molar-refractivity contribution is 5.89. The number of halogens is 1. The second-order valence-corrected chi connectivity index (χ2v) is 7.91. The first-order valence-electron chi connectivity index (χ1n) is 11.0. The molecule has 0 aliphatic carbocycles. The van der Waals surface area contributed by atoms with E-state index >= 15 is 0 Å². The Bertz CT molecular complexity index is 1380. The number of benzene rings is 3. The number of anilines is 3. The summed E-state index contributed by atoms with van der Waals surface area (Å²) in [5.41, 5.74) is 3.04. The summed E-state index contributed by atoms with van der Waals surface area (Å²) >= 11 is 0. The maximum atomic E-state index is 14.3. The van der Waals surface area contributed by atoms with E-state index in [1.807, 2.05) is 17.0 Å². The number of carbonyl (C=O) groups excluding carboxylic acids is 1. The van der Waals surface area contributed by atoms with Crippen molar-refractivity contribution in [2.45, 2.75) is 13.0 Å². The molecule has 9 heteroatoms. The van der Waals surface area contributed by atoms with Crippen molar-refractivity contribution in [3.05, 3.63) is 95.3 Å². The molecule has 2 heterocycles. The number of carbonyl (C=O) groups is 1. The van der Waals surface area contributed by atoms with Crippen LogP contribution in [0.1, 0.15) is 21.5 Å². The Balaban J connectivity index is 1.49. The van der Waals surface area contributed by atoms with Crippen molar-refractivity contribution in [1.82, 2.24) is 15.0 Å². The first-order valence-corrected chi connectivity index (χ1v) is 11.0. The highest BCUT2D eigenvalue weighted by Crippen LogP contribution is 2.27. The number of ether oxygens (including phenoxy) is 2. The smallest absolute Gasteiger partial charge is 0.337 e. The molecule has 0 unspecified atom stereocenters. The van der Waals surface area contributed by atoms with Gasteiger partial charge in [-0.15, -0.1) is 0 Å². The molecule has 0 spiro atoms. The molecule has 5 rings (SSSR count). The van der Waals surface area contributed by atoms with Crippen molar-refractivity contribution in [2.75, 3.05) is 23.9 Å². The van der Waals surface area contributed by atoms with E-state index < -0.39 is 11.8 Å². The summed E-state index contributed by atoms with van der Waals surface area (Å²) in [5, 5.41) is 2.92. The molecule has 0 atom stereocenters. The quantitative estimate of drug-likeness (QED) is 0.398. The standard InChI is InChI=1S/C26H22FN5O3/c1-34-23(33)18-9-6-10-20(15-18)35-26-30-24(28-22-12-5-4-11-21(22)27)29-25(31-26)32-14-13-17-7-2-3-8-19(17)16-32/h2-12,15H,13-14,16H2,1H3,(H,28,29,30,31). The normalized spacial score (nSPS) is 12.6. The van der Waals surface area contributed by atoms with Crippen LogP contribution in [0.15, 0.2) is 72.8 Å². The molecule has 1 aliphatic heterocycles. The Morgan fingerprint density at radius 1 is 0.971 bits per heavy atom. The van der Waals surface area contributed by atoms with Gasteiger partial charge in [-0.05, 0) is 47.9 Å². The van der Waals surface area contributed by atoms with Gasteiger partial charge in [0, 0.05) is 13.1 Å². The molecule has 0 radical (unpaired) electrons. The second kappa shape index (κ2) is 9.76. The lowest BCUT2D eigenvalue weighted by molar-refractivity contribution is 0.0600. The predicted molar refractivity (Wildman–Crippen MR) is 129 cm³/mol. The average molecular weight is 471 g/mol. The fourth-order valence-corrected chi connectivity index (χ4v) is 3.85. The van der Waals surface area contributed by atoms with E-state index in [0.29, 0.717) is 30.4 Å². The van der Waals surface area contributed by atoms with Crippen LogP contribution in [-0.4, -0.2) is 34.6 Å². The van der Waals surface area contributed by atoms with Gasteiger partial charge in [0.25, 0.3) is 0 Å². The number of rotatable bonds is 6. The molecular formula is C26H22FN5O3. The third-order valence-electron chi connectivity index (χ3n) is 5.60. The topological polar surface area (TPSA) is 89.5 Å². The molecule has 8 nitrogen and oxygen atoms in total. The number of fused-ring (bicyclic) bond motifs is 1. The van der Waals surface area contributed by atoms with E-state index in [2.05, 4.69) is 32.4 Å². The van der Waals surface area contributed by atoms with Gasteiger partial charge in [0.05, 0.1) is 18.4 Å². The van der Waals surface area contributed by atoms with E-state index in [9.17, 15) is 9.18 Å². The lowest BCUT2D eigenvalue weighted by Crippen LogP contribution is -2.32. The zero-order chi connectivity index (χ0) is 24.2. The van der Waals surface area contributed by atoms with Crippen LogP contribution in [0.4, 0.5) is 22.0 Å². The Hall–Kier alpha value is -4.53. The molecule has 1 aromatic heterocycles. The third kappa shape index (κ3) is 5.03. The van der Waals surface area contributed by atoms with Gasteiger partial charge >= 0.3 is 12.0 Å². The molecule has 176 valence electrons. The summed E-state index contributed by atoms with van der Waals surface area (Å²) in [6.45, 7) is 1.33. The van der Waals surface area contributed by atoms with Gasteiger partial charge in [0.1, 0.15) is 11.6 Å². The molecule has 0 bridgehead atoms. The van der Waals surface area contributed by atoms with Crippen LogP contribution in [0.2, 0.25) is 0 Å². The van der Waals surface area contributed by atoms with E-state index in [1.165, 1.54) is 30.4 Å². The summed E-state index contributed by atoms with van der Waals surface area (Å²) in [6, 6.07) is 21.0. The van der Waals surface area contributed by atoms with Crippen LogP contribution in [0.5, 0.6) is 11.8 Å². The van der Waals surface area contributed by atoms with Gasteiger partial charge in [-0.3, -0.25) is 0 Å². The number of esters is 1. The lowest BCUT2D eigenvalue weighted by atomic mass is 10.0. The SMILES string of the molecule is COC(=O)c1cccc(Oc2nc(Nc3ccccc3F)nc(N3CCc4ccccc4C3)n2)c1. The van der Waals surface area contributed by atoms with Crippen molar-refractivity contribution in [2.24, 2.45) is 0 Å². The Morgan fingerprint density at radius 2 is 1.77 bits per heavy atom. The molecule has 35 heavy (non-hydrogen) atoms. The molecule has 3 aromatic carbocycles. The summed E-state index contributed by atoms with van der Waals surface area (Å²) < 4.78 is 24.9. The lowest BCUT2D eigenvalue weighted by Gasteiger charge is -2.29. The van der Waals surface area contributed by atoms with Crippen molar-refractivity contribution in [3.8, 4) is 11.8 Å². The number of hydrogen-bond acceptors (Lipinski definition) is 8. The van der Waals surface area contributed by atoms with Gasteiger partial charge in [-0.25, -0.2) is 9.18 Å². The largest absolute Gasteiger partial charge is 0.465 e. The first-order chi connectivity index (χ1) is 17.1. The van der Waals surface area contributed by atoms with E-state index in [-0.39, 0.29) is 17.6 Å². The van der Waals surface area contributed by atoms with Crippen LogP contribution in [0.25, 0.3) is 0 Å². The van der Waals surface area contributed by atoms with Gasteiger partial charge in [0.15, 0.2) is 0 Å². The number of para-hydroxylation sites is 1. The zero-order valence-corrected chi connectivity index (χ0v) is 18.9. The number of hydrogen-bond donors (Lipinski definition) is 1. The molecule has 0 saturated carbocycles. The average Bonchev–Trinajstić information content (AvgIpc) is 2.89. The molecule has 0 fully saturated rings. The summed E-state index contributed by atoms with van der Waals surface area (Å²) in [4.78, 5) is 27.3. The van der Waals surface area contributed by atoms with Crippen LogP contribution in [-0.2, 0) is 17.7 Å². The zero-order valence-electron chi connectivity index (χ0n) is 18.9. The summed E-state index contributed by atoms with van der Waals surface area (Å²) in [6.07, 6.45) is 0.843. The number of aromatic nitrogens is 3. The fourth-order valence-electron chi connectivity index (χ4n) is 3.85. The van der Waals surface area contributed by atoms with Crippen molar-refractivity contribution in [1.29, 1.82) is 0 Å². The second-order valence-electron chi connectivity index (χ2n) is 7.91. The molecule has 1 aliphatic rings. The number of nitrogens with one attached hydrogen (secondary N) is 1. The Labute approximate surface area is 201 Å². The van der Waals surface area contributed by atoms with Crippen LogP contribution in [0, 0.1) is 5.82 Å². The highest BCUT2D eigenvalue weighted by atomic mass is 19.1. The Morgan fingerprint density at radius 3 is 2.60 bits per heavy atom. The number of nitrogens with zero attached hydrogens (tertiary/aromatic N) is 4. The maximum absolute atomic E-state index is 14.3. The molecule has 0 amide bonds. The van der Waals surface area contributed by atoms with Crippen molar-refractivity contribution in [3.63, 3.8) is 0 Å². The van der Waals surface area contributed by atoms with Crippen LogP contribution >= 0.6 is 0 Å². The molecule has 0 saturated heterocycles. The summed E-state index contributed by atoms with van der Waals surface area (Å²) in [7, 11) is 1.31. The van der Waals surface area contributed by atoms with Crippen molar-refractivity contribution < 1.29 is 18.7 Å². The molecule has 1 N–H and O–H groups in total. The minimum atomic E-state index is -0.485. The van der Waals surface area contributed by atoms with E-state index in [4.69, 9.17) is 9.47 Å². The first kappa shape index (κ1) is 22.3. The van der Waals surface area contributed by atoms with Crippen LogP contribution in [0.3, 0.4) is 0 Å². The molecule has 4 aromatic rings. The Kier molecular flexibility index (Phi) is 6.21. The van der Waals surface area contributed by atoms with E-state index in [1.54, 1.807) is 36.4 Å². The third-order valence-corrected chi connectivity index (χ3v) is 5.60. The van der Waals surface area contributed by atoms with Gasteiger partial charge in [-0.2, -0.15) is 15.0 Å². The maximum Gasteiger partial charge on any atom is 0.337 e. The molecular weight excluding hydrogens is 449 g/mol. The predicted octanol–water partition coefficient (Wildman–Crippen LogP) is 4.90. The van der Waals surface area contributed by atoms with Gasteiger partial charge < -0.3 is 19.7 Å². The number of methoxy groups -OCH3 is 1. The van der Waals surface area contributed by atoms with Gasteiger partial charge in [0.2, 0.25) is 11.9 Å². The van der Waals surface area contributed by atoms with Gasteiger partial charge in [-0.1, -0.05) is 42.5 Å². The van der Waals surface area contributed by atoms with Crippen molar-refractivity contribution >= 4 is 23.6 Å². The summed E-state index contributed by atoms with van der Waals surface area (Å²) in [5.74, 6) is -0.0355. The van der Waals surface area contributed by atoms with E-state index in [0.717, 1.165) is 6.42 Å². The monoisotopic (exact) mass is 471 g/mol. The highest BCUT2D eigenvalue weighted by Gasteiger charge is 2.21. The minimum absolute atomic E-state index is 0.00899. The van der Waals surface area contributed by atoms with Crippen LogP contribution < -0.4 is 15.0 Å².